The van der Waals surface area contributed by atoms with E-state index in [9.17, 15) is 4.79 Å². The quantitative estimate of drug-likeness (QED) is 0.127. The maximum atomic E-state index is 10.4. The van der Waals surface area contributed by atoms with E-state index < -0.39 is 0 Å². The average Bonchev–Trinajstić information content (AvgIpc) is 2.52. The van der Waals surface area contributed by atoms with E-state index in [1.54, 1.807) is 26.0 Å². The largest absolute Gasteiger partial charge is 0.516 e. The van der Waals surface area contributed by atoms with Crippen molar-refractivity contribution in [2.24, 2.45) is 5.84 Å². The summed E-state index contributed by atoms with van der Waals surface area (Å²) in [5.41, 5.74) is 2.64. The maximum Gasteiger partial charge on any atom is 0.260 e. The number of hydrogen-bond donors (Lipinski definition) is 3. The fourth-order valence-electron chi connectivity index (χ4n) is 1.07. The van der Waals surface area contributed by atoms with Gasteiger partial charge in [-0.2, -0.15) is 0 Å². The number of amides is 1. The number of carbonyl (C=O) groups is 1. The molecule has 130 valence electrons. The highest BCUT2D eigenvalue weighted by Gasteiger charge is 1.96. The van der Waals surface area contributed by atoms with Crippen LogP contribution in [0.15, 0.2) is 37.1 Å². The van der Waals surface area contributed by atoms with Crippen molar-refractivity contribution >= 4 is 5.91 Å². The third kappa shape index (κ3) is 20.7. The lowest BCUT2D eigenvalue weighted by molar-refractivity contribution is -0.117. The van der Waals surface area contributed by atoms with Gasteiger partial charge in [0.15, 0.2) is 0 Å². The van der Waals surface area contributed by atoms with Gasteiger partial charge in [0.1, 0.15) is 0 Å². The lowest BCUT2D eigenvalue weighted by Gasteiger charge is -2.11. The molecule has 0 aliphatic carbocycles. The first kappa shape index (κ1) is 25.3. The highest BCUT2D eigenvalue weighted by atomic mass is 16.5. The average molecular weight is 315 g/mol. The van der Waals surface area contributed by atoms with Gasteiger partial charge in [0.25, 0.3) is 5.91 Å². The highest BCUT2D eigenvalue weighted by molar-refractivity contribution is 5.92. The molecule has 0 saturated heterocycles. The Balaban J connectivity index is -0.000000313. The number of ether oxygens (including phenoxy) is 1. The van der Waals surface area contributed by atoms with Gasteiger partial charge in [-0.25, -0.2) is 5.84 Å². The van der Waals surface area contributed by atoms with Gasteiger partial charge < -0.3 is 14.7 Å². The Hall–Kier alpha value is -1.63. The van der Waals surface area contributed by atoms with Crippen LogP contribution in [0.1, 0.15) is 27.2 Å². The van der Waals surface area contributed by atoms with Crippen LogP contribution in [0.2, 0.25) is 0 Å². The van der Waals surface area contributed by atoms with Gasteiger partial charge in [0, 0.05) is 12.2 Å². The van der Waals surface area contributed by atoms with Gasteiger partial charge in [0.2, 0.25) is 0 Å². The normalized spacial score (nSPS) is 12.0. The Bertz CT molecular complexity index is 316. The Morgan fingerprint density at radius 1 is 1.45 bits per heavy atom. The third-order valence-corrected chi connectivity index (χ3v) is 2.41. The lowest BCUT2D eigenvalue weighted by Crippen LogP contribution is -2.30. The maximum absolute atomic E-state index is 10.4. The van der Waals surface area contributed by atoms with Gasteiger partial charge in [-0.05, 0) is 53.9 Å². The van der Waals surface area contributed by atoms with Crippen molar-refractivity contribution in [3.8, 4) is 0 Å². The van der Waals surface area contributed by atoms with Crippen LogP contribution in [-0.2, 0) is 9.53 Å². The summed E-state index contributed by atoms with van der Waals surface area (Å²) in [4.78, 5) is 12.6. The monoisotopic (exact) mass is 315 g/mol. The summed E-state index contributed by atoms with van der Waals surface area (Å²) >= 11 is 0. The van der Waals surface area contributed by atoms with Crippen LogP contribution < -0.4 is 11.3 Å². The number of nitrogens with zero attached hydrogens (tertiary/aromatic N) is 1. The molecule has 1 unspecified atom stereocenters. The van der Waals surface area contributed by atoms with Crippen LogP contribution in [0, 0.1) is 0 Å². The molecule has 0 aromatic heterocycles. The Morgan fingerprint density at radius 2 is 2.00 bits per heavy atom. The van der Waals surface area contributed by atoms with Gasteiger partial charge in [-0.1, -0.05) is 6.08 Å². The molecule has 0 radical (unpaired) electrons. The van der Waals surface area contributed by atoms with Gasteiger partial charge in [0.05, 0.1) is 12.4 Å². The Labute approximate surface area is 135 Å². The molecule has 0 bridgehead atoms. The lowest BCUT2D eigenvalue weighted by atomic mass is 10.3. The van der Waals surface area contributed by atoms with Crippen molar-refractivity contribution in [2.75, 3.05) is 27.2 Å². The molecule has 0 aliphatic rings. The first-order chi connectivity index (χ1) is 10.4. The molecule has 6 heteroatoms. The number of allylic oxidation sites excluding steroid dienone is 1. The summed E-state index contributed by atoms with van der Waals surface area (Å²) in [5, 5.41) is 8.41. The summed E-state index contributed by atoms with van der Waals surface area (Å²) in [5.74, 6) is 4.58. The first-order valence-electron chi connectivity index (χ1n) is 7.10. The molecular weight excluding hydrogens is 282 g/mol. The number of carbonyl (C=O) groups excluding carboxylic acids is 1. The smallest absolute Gasteiger partial charge is 0.260 e. The van der Waals surface area contributed by atoms with E-state index in [1.807, 2.05) is 26.4 Å². The molecule has 0 aliphatic heterocycles. The van der Waals surface area contributed by atoms with E-state index in [2.05, 4.69) is 18.1 Å². The highest BCUT2D eigenvalue weighted by Crippen LogP contribution is 1.94. The fourth-order valence-corrected chi connectivity index (χ4v) is 1.07. The van der Waals surface area contributed by atoms with E-state index >= 15 is 0 Å². The van der Waals surface area contributed by atoms with E-state index in [0.717, 1.165) is 25.8 Å². The van der Waals surface area contributed by atoms with Crippen molar-refractivity contribution in [2.45, 2.75) is 33.3 Å². The van der Waals surface area contributed by atoms with Gasteiger partial charge in [-0.3, -0.25) is 10.2 Å². The van der Waals surface area contributed by atoms with E-state index in [1.165, 1.54) is 0 Å². The zero-order valence-corrected chi connectivity index (χ0v) is 14.6. The number of hydrazine groups is 1. The summed E-state index contributed by atoms with van der Waals surface area (Å²) in [7, 11) is 4.08. The number of nitrogens with two attached hydrogens (primary N) is 1. The van der Waals surface area contributed by atoms with Crippen LogP contribution in [-0.4, -0.2) is 49.3 Å². The van der Waals surface area contributed by atoms with Gasteiger partial charge in [-0.15, -0.1) is 13.2 Å². The molecule has 6 nitrogen and oxygen atoms in total. The van der Waals surface area contributed by atoms with Crippen molar-refractivity contribution in [1.29, 1.82) is 0 Å². The fraction of sp³-hybridized carbons (Fsp3) is 0.562. The second-order valence-electron chi connectivity index (χ2n) is 4.52. The molecule has 22 heavy (non-hydrogen) atoms. The molecule has 4 N–H and O–H groups in total. The second-order valence-corrected chi connectivity index (χ2v) is 4.52. The van der Waals surface area contributed by atoms with Crippen LogP contribution in [0.3, 0.4) is 0 Å². The Kier molecular flexibility index (Phi) is 22.3. The summed E-state index contributed by atoms with van der Waals surface area (Å²) in [6, 6.07) is 0. The van der Waals surface area contributed by atoms with Crippen molar-refractivity contribution in [3.05, 3.63) is 37.1 Å². The zero-order valence-electron chi connectivity index (χ0n) is 14.6. The molecule has 0 rings (SSSR count). The molecule has 1 atom stereocenters. The summed E-state index contributed by atoms with van der Waals surface area (Å²) in [6.45, 7) is 13.2. The van der Waals surface area contributed by atoms with Gasteiger partial charge >= 0.3 is 0 Å². The van der Waals surface area contributed by atoms with E-state index in [-0.39, 0.29) is 12.0 Å². The van der Waals surface area contributed by atoms with Crippen LogP contribution in [0.5, 0.6) is 0 Å². The molecule has 0 spiro atoms. The van der Waals surface area contributed by atoms with Crippen molar-refractivity contribution in [1.82, 2.24) is 10.3 Å². The number of aliphatic hydroxyl groups is 1. The van der Waals surface area contributed by atoms with E-state index in [4.69, 9.17) is 15.7 Å². The minimum absolute atomic E-state index is 0.0113. The minimum atomic E-state index is -0.229. The Morgan fingerprint density at radius 3 is 2.32 bits per heavy atom. The molecule has 0 heterocycles. The number of aliphatic hydroxyl groups excluding tert-OH is 1. The number of hydrogen-bond acceptors (Lipinski definition) is 5. The minimum Gasteiger partial charge on any atom is -0.516 e. The summed E-state index contributed by atoms with van der Waals surface area (Å²) < 4.78 is 5.36. The van der Waals surface area contributed by atoms with E-state index in [0.29, 0.717) is 5.57 Å². The van der Waals surface area contributed by atoms with Crippen molar-refractivity contribution in [3.63, 3.8) is 0 Å². The molecule has 0 aromatic carbocycles. The summed E-state index contributed by atoms with van der Waals surface area (Å²) in [6.07, 6.45) is 5.38. The number of nitrogens with one attached hydrogen (secondary N) is 1. The third-order valence-electron chi connectivity index (χ3n) is 2.41. The predicted molar refractivity (Wildman–Crippen MR) is 93.4 cm³/mol. The first-order valence-corrected chi connectivity index (χ1v) is 7.10. The predicted octanol–water partition coefficient (Wildman–Crippen LogP) is 2.16. The molecule has 0 aromatic rings. The SMILES string of the molecule is C/C=C(\C)C(=O)NN.C=C.CC(/C=C/O)OCCCN(C)C. The zero-order chi connectivity index (χ0) is 18.0. The number of rotatable bonds is 7. The topological polar surface area (TPSA) is 87.8 Å². The second kappa shape index (κ2) is 19.4. The van der Waals surface area contributed by atoms with Crippen LogP contribution >= 0.6 is 0 Å². The molecule has 0 fully saturated rings. The molecule has 1 amide bonds. The molecular formula is C16H33N3O3. The van der Waals surface area contributed by atoms with Crippen LogP contribution in [0.4, 0.5) is 0 Å². The molecule has 0 saturated carbocycles. The van der Waals surface area contributed by atoms with Crippen LogP contribution in [0.25, 0.3) is 0 Å². The van der Waals surface area contributed by atoms with Crippen molar-refractivity contribution < 1.29 is 14.6 Å². The standard InChI is InChI=1S/C9H19NO2.C5H10N2O.C2H4/c1-9(5-7-11)12-8-4-6-10(2)3;1-3-4(2)5(8)7-6;1-2/h5,7,9,11H,4,6,8H2,1-3H3;3H,6H2,1-2H3,(H,7,8);1-2H2/b7-5+;4-3+;.